The summed E-state index contributed by atoms with van der Waals surface area (Å²) in [6.07, 6.45) is 1.97. The number of nitrogens with zero attached hydrogens (tertiary/aromatic N) is 1. The molecule has 7 heteroatoms. The standard InChI is InChI=1S/C27H32N2O5/c1-3-27(4-2,25(32)29-16-10-9-15-23(29)24(30)31)28-26(33)34-17-22-20-13-7-5-11-18(20)19-12-6-8-14-21(19)22/h5-8,11-14,22-23H,3-4,9-10,15-17H2,1-2H3,(H,28,33)(H,30,31)/t23-/m0/s1. The molecule has 2 aliphatic rings. The number of piperidine rings is 1. The van der Waals surface area contributed by atoms with E-state index in [2.05, 4.69) is 29.6 Å². The number of carbonyl (C=O) groups is 3. The normalized spacial score (nSPS) is 17.6. The van der Waals surface area contributed by atoms with E-state index in [4.69, 9.17) is 4.74 Å². The van der Waals surface area contributed by atoms with Gasteiger partial charge in [-0.2, -0.15) is 0 Å². The van der Waals surface area contributed by atoms with Crippen LogP contribution in [0.15, 0.2) is 48.5 Å². The molecule has 0 saturated carbocycles. The maximum absolute atomic E-state index is 13.5. The third-order valence-electron chi connectivity index (χ3n) is 7.35. The topological polar surface area (TPSA) is 95.9 Å². The van der Waals surface area contributed by atoms with Gasteiger partial charge in [0.15, 0.2) is 0 Å². The first-order chi connectivity index (χ1) is 16.4. The zero-order valence-corrected chi connectivity index (χ0v) is 19.8. The fourth-order valence-corrected chi connectivity index (χ4v) is 5.32. The number of alkyl carbamates (subject to hydrolysis) is 1. The number of carboxylic acids is 1. The molecule has 0 bridgehead atoms. The van der Waals surface area contributed by atoms with Crippen molar-refractivity contribution in [1.29, 1.82) is 0 Å². The first-order valence-electron chi connectivity index (χ1n) is 12.1. The second-order valence-corrected chi connectivity index (χ2v) is 9.09. The van der Waals surface area contributed by atoms with Gasteiger partial charge in [0, 0.05) is 12.5 Å². The van der Waals surface area contributed by atoms with E-state index < -0.39 is 23.6 Å². The lowest BCUT2D eigenvalue weighted by Crippen LogP contribution is -2.62. The molecule has 180 valence electrons. The summed E-state index contributed by atoms with van der Waals surface area (Å²) in [7, 11) is 0. The highest BCUT2D eigenvalue weighted by Gasteiger charge is 2.44. The van der Waals surface area contributed by atoms with Crippen molar-refractivity contribution in [2.75, 3.05) is 13.2 Å². The van der Waals surface area contributed by atoms with E-state index in [1.54, 1.807) is 0 Å². The van der Waals surface area contributed by atoms with Crippen molar-refractivity contribution in [3.8, 4) is 11.1 Å². The first-order valence-corrected chi connectivity index (χ1v) is 12.1. The Bertz CT molecular complexity index is 1030. The van der Waals surface area contributed by atoms with Gasteiger partial charge < -0.3 is 20.1 Å². The van der Waals surface area contributed by atoms with Crippen LogP contribution in [0.3, 0.4) is 0 Å². The summed E-state index contributed by atoms with van der Waals surface area (Å²) in [5, 5.41) is 12.4. The third-order valence-corrected chi connectivity index (χ3v) is 7.35. The van der Waals surface area contributed by atoms with Crippen LogP contribution in [0.4, 0.5) is 4.79 Å². The molecule has 34 heavy (non-hydrogen) atoms. The molecule has 2 amide bonds. The zero-order chi connectivity index (χ0) is 24.3. The lowest BCUT2D eigenvalue weighted by Gasteiger charge is -2.40. The molecule has 1 atom stereocenters. The van der Waals surface area contributed by atoms with Crippen LogP contribution in [-0.4, -0.2) is 52.7 Å². The summed E-state index contributed by atoms with van der Waals surface area (Å²) in [6.45, 7) is 4.18. The molecule has 4 rings (SSSR count). The SMILES string of the molecule is CCC(CC)(NC(=O)OCC1c2ccccc2-c2ccccc21)C(=O)N1CCCC[C@H]1C(=O)O. The molecule has 7 nitrogen and oxygen atoms in total. The molecule has 1 aliphatic carbocycles. The van der Waals surface area contributed by atoms with E-state index in [1.165, 1.54) is 4.90 Å². The Morgan fingerprint density at radius 1 is 1.00 bits per heavy atom. The van der Waals surface area contributed by atoms with Crippen molar-refractivity contribution in [1.82, 2.24) is 10.2 Å². The van der Waals surface area contributed by atoms with Gasteiger partial charge in [-0.15, -0.1) is 0 Å². The Balaban J connectivity index is 1.49. The predicted octanol–water partition coefficient (Wildman–Crippen LogP) is 4.55. The number of likely N-dealkylation sites (tertiary alicyclic amines) is 1. The first kappa shape index (κ1) is 23.8. The van der Waals surface area contributed by atoms with Crippen molar-refractivity contribution < 1.29 is 24.2 Å². The number of amides is 2. The van der Waals surface area contributed by atoms with E-state index in [1.807, 2.05) is 38.1 Å². The van der Waals surface area contributed by atoms with Crippen LogP contribution < -0.4 is 5.32 Å². The molecule has 1 fully saturated rings. The highest BCUT2D eigenvalue weighted by atomic mass is 16.5. The number of fused-ring (bicyclic) bond motifs is 3. The zero-order valence-electron chi connectivity index (χ0n) is 19.8. The summed E-state index contributed by atoms with van der Waals surface area (Å²) in [5.74, 6) is -1.43. The second kappa shape index (κ2) is 9.87. The number of hydrogen-bond acceptors (Lipinski definition) is 4. The Labute approximate surface area is 200 Å². The minimum Gasteiger partial charge on any atom is -0.480 e. The van der Waals surface area contributed by atoms with E-state index in [0.717, 1.165) is 35.1 Å². The maximum atomic E-state index is 13.5. The number of benzene rings is 2. The molecule has 0 aromatic heterocycles. The van der Waals surface area contributed by atoms with Crippen LogP contribution in [0.25, 0.3) is 11.1 Å². The highest BCUT2D eigenvalue weighted by Crippen LogP contribution is 2.44. The molecule has 0 unspecified atom stereocenters. The van der Waals surface area contributed by atoms with Gasteiger partial charge in [-0.1, -0.05) is 62.4 Å². The lowest BCUT2D eigenvalue weighted by molar-refractivity contribution is -0.155. The fraction of sp³-hybridized carbons (Fsp3) is 0.444. The third kappa shape index (κ3) is 4.27. The Kier molecular flexibility index (Phi) is 6.91. The fourth-order valence-electron chi connectivity index (χ4n) is 5.32. The van der Waals surface area contributed by atoms with Gasteiger partial charge in [0.25, 0.3) is 0 Å². The average molecular weight is 465 g/mol. The quantitative estimate of drug-likeness (QED) is 0.627. The number of ether oxygens (including phenoxy) is 1. The monoisotopic (exact) mass is 464 g/mol. The smallest absolute Gasteiger partial charge is 0.408 e. The van der Waals surface area contributed by atoms with Crippen LogP contribution in [0.1, 0.15) is 63.0 Å². The number of hydrogen-bond donors (Lipinski definition) is 2. The van der Waals surface area contributed by atoms with Gasteiger partial charge >= 0.3 is 12.1 Å². The van der Waals surface area contributed by atoms with Gasteiger partial charge in [0.05, 0.1) is 0 Å². The summed E-state index contributed by atoms with van der Waals surface area (Å²) in [5.41, 5.74) is 3.31. The number of carboxylic acid groups (broad SMARTS) is 1. The van der Waals surface area contributed by atoms with E-state index >= 15 is 0 Å². The molecule has 1 heterocycles. The maximum Gasteiger partial charge on any atom is 0.408 e. The largest absolute Gasteiger partial charge is 0.480 e. The van der Waals surface area contributed by atoms with Crippen LogP contribution in [0, 0.1) is 0 Å². The molecule has 2 aromatic rings. The molecular weight excluding hydrogens is 432 g/mol. The summed E-state index contributed by atoms with van der Waals surface area (Å²) < 4.78 is 5.67. The van der Waals surface area contributed by atoms with Crippen LogP contribution in [-0.2, 0) is 14.3 Å². The van der Waals surface area contributed by atoms with Gasteiger partial charge in [-0.25, -0.2) is 9.59 Å². The van der Waals surface area contributed by atoms with Crippen molar-refractivity contribution in [3.63, 3.8) is 0 Å². The molecule has 1 aliphatic heterocycles. The Morgan fingerprint density at radius 3 is 2.15 bits per heavy atom. The molecular formula is C27H32N2O5. The van der Waals surface area contributed by atoms with Gasteiger partial charge in [0.2, 0.25) is 5.91 Å². The van der Waals surface area contributed by atoms with Gasteiger partial charge in [-0.3, -0.25) is 4.79 Å². The van der Waals surface area contributed by atoms with Crippen molar-refractivity contribution in [2.24, 2.45) is 0 Å². The van der Waals surface area contributed by atoms with Crippen molar-refractivity contribution in [2.45, 2.75) is 63.5 Å². The van der Waals surface area contributed by atoms with Crippen molar-refractivity contribution >= 4 is 18.0 Å². The van der Waals surface area contributed by atoms with Crippen molar-refractivity contribution in [3.05, 3.63) is 59.7 Å². The molecule has 0 radical (unpaired) electrons. The number of rotatable bonds is 7. The Hall–Kier alpha value is -3.35. The molecule has 0 spiro atoms. The summed E-state index contributed by atoms with van der Waals surface area (Å²) in [6, 6.07) is 15.3. The van der Waals surface area contributed by atoms with Crippen LogP contribution in [0.2, 0.25) is 0 Å². The van der Waals surface area contributed by atoms with Gasteiger partial charge in [0.1, 0.15) is 18.2 Å². The highest BCUT2D eigenvalue weighted by molar-refractivity contribution is 5.93. The van der Waals surface area contributed by atoms with E-state index in [-0.39, 0.29) is 18.4 Å². The number of aliphatic carboxylic acids is 1. The van der Waals surface area contributed by atoms with Crippen LogP contribution >= 0.6 is 0 Å². The number of nitrogens with one attached hydrogen (secondary N) is 1. The average Bonchev–Trinajstić information content (AvgIpc) is 3.19. The van der Waals surface area contributed by atoms with E-state index in [9.17, 15) is 19.5 Å². The molecule has 2 aromatic carbocycles. The molecule has 2 N–H and O–H groups in total. The minimum atomic E-state index is -1.20. The Morgan fingerprint density at radius 2 is 1.59 bits per heavy atom. The lowest BCUT2D eigenvalue weighted by atomic mass is 9.89. The summed E-state index contributed by atoms with van der Waals surface area (Å²) in [4.78, 5) is 39.6. The van der Waals surface area contributed by atoms with E-state index in [0.29, 0.717) is 25.8 Å². The van der Waals surface area contributed by atoms with Crippen LogP contribution in [0.5, 0.6) is 0 Å². The van der Waals surface area contributed by atoms with Gasteiger partial charge in [-0.05, 0) is 54.4 Å². The minimum absolute atomic E-state index is 0.0787. The number of carbonyl (C=O) groups excluding carboxylic acids is 2. The molecule has 1 saturated heterocycles. The second-order valence-electron chi connectivity index (χ2n) is 9.09. The summed E-state index contributed by atoms with van der Waals surface area (Å²) >= 11 is 0. The predicted molar refractivity (Wildman–Crippen MR) is 129 cm³/mol.